The molecule has 0 atom stereocenters. The van der Waals surface area contributed by atoms with Crippen LogP contribution in [0.15, 0.2) is 24.3 Å². The van der Waals surface area contributed by atoms with Crippen molar-refractivity contribution in [1.82, 2.24) is 5.32 Å². The van der Waals surface area contributed by atoms with E-state index in [2.05, 4.69) is 29.6 Å². The first-order valence-corrected chi connectivity index (χ1v) is 6.74. The van der Waals surface area contributed by atoms with E-state index in [4.69, 9.17) is 0 Å². The molecule has 0 radical (unpaired) electrons. The van der Waals surface area contributed by atoms with Gasteiger partial charge in [-0.15, -0.1) is 0 Å². The maximum absolute atomic E-state index is 3.66. The van der Waals surface area contributed by atoms with Gasteiger partial charge in [0.25, 0.3) is 0 Å². The van der Waals surface area contributed by atoms with Gasteiger partial charge in [0.15, 0.2) is 0 Å². The highest BCUT2D eigenvalue weighted by atomic mass is 14.9. The van der Waals surface area contributed by atoms with E-state index in [-0.39, 0.29) is 0 Å². The first-order chi connectivity index (χ1) is 7.92. The van der Waals surface area contributed by atoms with Gasteiger partial charge in [0, 0.05) is 12.6 Å². The third-order valence-corrected chi connectivity index (χ3v) is 3.98. The molecule has 16 heavy (non-hydrogen) atoms. The summed E-state index contributed by atoms with van der Waals surface area (Å²) in [6.45, 7) is 1.05. The van der Waals surface area contributed by atoms with Gasteiger partial charge in [-0.05, 0) is 42.7 Å². The average Bonchev–Trinajstić information content (AvgIpc) is 3.05. The number of benzene rings is 1. The van der Waals surface area contributed by atoms with Crippen molar-refractivity contribution >= 4 is 0 Å². The first kappa shape index (κ1) is 10.3. The van der Waals surface area contributed by atoms with Crippen molar-refractivity contribution in [3.63, 3.8) is 0 Å². The molecule has 2 aliphatic carbocycles. The van der Waals surface area contributed by atoms with E-state index in [1.807, 2.05) is 0 Å². The molecule has 0 spiro atoms. The SMILES string of the molecule is c1cc(C2CC2)ccc1CNC1CCCC1. The Labute approximate surface area is 98.3 Å². The fourth-order valence-corrected chi connectivity index (χ4v) is 2.72. The number of hydrogen-bond donors (Lipinski definition) is 1. The van der Waals surface area contributed by atoms with Gasteiger partial charge in [-0.3, -0.25) is 0 Å². The van der Waals surface area contributed by atoms with Crippen LogP contribution in [0.1, 0.15) is 55.6 Å². The molecule has 1 nitrogen and oxygen atoms in total. The van der Waals surface area contributed by atoms with Crippen LogP contribution in [0.2, 0.25) is 0 Å². The highest BCUT2D eigenvalue weighted by Gasteiger charge is 2.22. The second kappa shape index (κ2) is 4.58. The highest BCUT2D eigenvalue weighted by molar-refractivity contribution is 5.27. The third-order valence-electron chi connectivity index (χ3n) is 3.98. The lowest BCUT2D eigenvalue weighted by Crippen LogP contribution is -2.25. The van der Waals surface area contributed by atoms with Gasteiger partial charge in [0.1, 0.15) is 0 Å². The zero-order valence-corrected chi connectivity index (χ0v) is 9.91. The third kappa shape index (κ3) is 2.46. The average molecular weight is 215 g/mol. The van der Waals surface area contributed by atoms with E-state index in [0.717, 1.165) is 18.5 Å². The number of nitrogens with one attached hydrogen (secondary N) is 1. The Morgan fingerprint density at radius 2 is 1.62 bits per heavy atom. The molecule has 0 saturated heterocycles. The molecule has 3 rings (SSSR count). The summed E-state index contributed by atoms with van der Waals surface area (Å²) in [5.74, 6) is 0.886. The fraction of sp³-hybridized carbons (Fsp3) is 0.600. The van der Waals surface area contributed by atoms with Crippen molar-refractivity contribution in [2.75, 3.05) is 0 Å². The minimum Gasteiger partial charge on any atom is -0.310 e. The molecule has 2 fully saturated rings. The van der Waals surface area contributed by atoms with E-state index >= 15 is 0 Å². The molecule has 2 aliphatic rings. The predicted molar refractivity (Wildman–Crippen MR) is 67.5 cm³/mol. The van der Waals surface area contributed by atoms with Gasteiger partial charge in [0.2, 0.25) is 0 Å². The Kier molecular flexibility index (Phi) is 2.96. The van der Waals surface area contributed by atoms with Crippen LogP contribution in [0.4, 0.5) is 0 Å². The monoisotopic (exact) mass is 215 g/mol. The Hall–Kier alpha value is -0.820. The zero-order valence-electron chi connectivity index (χ0n) is 9.91. The van der Waals surface area contributed by atoms with Crippen LogP contribution in [0.25, 0.3) is 0 Å². The summed E-state index contributed by atoms with van der Waals surface area (Å²) in [4.78, 5) is 0. The number of hydrogen-bond acceptors (Lipinski definition) is 1. The van der Waals surface area contributed by atoms with Crippen molar-refractivity contribution in [1.29, 1.82) is 0 Å². The van der Waals surface area contributed by atoms with Gasteiger partial charge >= 0.3 is 0 Å². The van der Waals surface area contributed by atoms with Gasteiger partial charge in [-0.1, -0.05) is 37.1 Å². The van der Waals surface area contributed by atoms with Crippen molar-refractivity contribution in [2.45, 2.75) is 57.0 Å². The van der Waals surface area contributed by atoms with Crippen LogP contribution in [0, 0.1) is 0 Å². The maximum Gasteiger partial charge on any atom is 0.0208 e. The summed E-state index contributed by atoms with van der Waals surface area (Å²) in [7, 11) is 0. The van der Waals surface area contributed by atoms with Gasteiger partial charge in [-0.2, -0.15) is 0 Å². The topological polar surface area (TPSA) is 12.0 Å². The molecule has 1 N–H and O–H groups in total. The van der Waals surface area contributed by atoms with Crippen LogP contribution in [-0.4, -0.2) is 6.04 Å². The Balaban J connectivity index is 1.53. The predicted octanol–water partition coefficient (Wildman–Crippen LogP) is 3.60. The van der Waals surface area contributed by atoms with Crippen molar-refractivity contribution in [2.24, 2.45) is 0 Å². The van der Waals surface area contributed by atoms with Gasteiger partial charge in [0.05, 0.1) is 0 Å². The van der Waals surface area contributed by atoms with Crippen LogP contribution in [-0.2, 0) is 6.54 Å². The molecular formula is C15H21N. The lowest BCUT2D eigenvalue weighted by atomic mass is 10.1. The van der Waals surface area contributed by atoms with Crippen molar-refractivity contribution in [3.05, 3.63) is 35.4 Å². The lowest BCUT2D eigenvalue weighted by Gasteiger charge is -2.11. The van der Waals surface area contributed by atoms with Crippen LogP contribution in [0.3, 0.4) is 0 Å². The summed E-state index contributed by atoms with van der Waals surface area (Å²) in [5.41, 5.74) is 2.99. The smallest absolute Gasteiger partial charge is 0.0208 e. The highest BCUT2D eigenvalue weighted by Crippen LogP contribution is 2.39. The summed E-state index contributed by atoms with van der Waals surface area (Å²) in [6, 6.07) is 10.0. The second-order valence-electron chi connectivity index (χ2n) is 5.38. The van der Waals surface area contributed by atoms with E-state index in [0.29, 0.717) is 0 Å². The molecule has 2 saturated carbocycles. The maximum atomic E-state index is 3.66. The summed E-state index contributed by atoms with van der Waals surface area (Å²) in [5, 5.41) is 3.66. The molecule has 86 valence electrons. The molecule has 0 bridgehead atoms. The Morgan fingerprint density at radius 1 is 0.938 bits per heavy atom. The van der Waals surface area contributed by atoms with E-state index in [1.165, 1.54) is 44.1 Å². The largest absolute Gasteiger partial charge is 0.310 e. The normalized spacial score (nSPS) is 21.5. The first-order valence-electron chi connectivity index (χ1n) is 6.74. The van der Waals surface area contributed by atoms with Crippen molar-refractivity contribution in [3.8, 4) is 0 Å². The van der Waals surface area contributed by atoms with Crippen molar-refractivity contribution < 1.29 is 0 Å². The van der Waals surface area contributed by atoms with E-state index in [1.54, 1.807) is 5.56 Å². The minimum atomic E-state index is 0.781. The summed E-state index contributed by atoms with van der Waals surface area (Å²) >= 11 is 0. The molecule has 0 amide bonds. The Morgan fingerprint density at radius 3 is 2.25 bits per heavy atom. The molecule has 1 heteroatoms. The second-order valence-corrected chi connectivity index (χ2v) is 5.38. The molecule has 1 aromatic rings. The van der Waals surface area contributed by atoms with Crippen LogP contribution < -0.4 is 5.32 Å². The molecule has 0 aromatic heterocycles. The minimum absolute atomic E-state index is 0.781. The lowest BCUT2D eigenvalue weighted by molar-refractivity contribution is 0.524. The molecule has 0 heterocycles. The Bertz CT molecular complexity index is 331. The number of rotatable bonds is 4. The standard InChI is InChI=1S/C15H21N/c1-2-4-15(3-1)16-11-12-5-7-13(8-6-12)14-9-10-14/h5-8,14-16H,1-4,9-11H2. The quantitative estimate of drug-likeness (QED) is 0.809. The molecular weight excluding hydrogens is 194 g/mol. The summed E-state index contributed by atoms with van der Waals surface area (Å²) in [6.07, 6.45) is 8.39. The molecule has 0 aliphatic heterocycles. The summed E-state index contributed by atoms with van der Waals surface area (Å²) < 4.78 is 0. The fourth-order valence-electron chi connectivity index (χ4n) is 2.72. The van der Waals surface area contributed by atoms with Crippen LogP contribution in [0.5, 0.6) is 0 Å². The van der Waals surface area contributed by atoms with Crippen LogP contribution >= 0.6 is 0 Å². The molecule has 1 aromatic carbocycles. The molecule has 0 unspecified atom stereocenters. The van der Waals surface area contributed by atoms with Gasteiger partial charge in [-0.25, -0.2) is 0 Å². The zero-order chi connectivity index (χ0) is 10.8. The van der Waals surface area contributed by atoms with Gasteiger partial charge < -0.3 is 5.32 Å². The van der Waals surface area contributed by atoms with E-state index in [9.17, 15) is 0 Å². The van der Waals surface area contributed by atoms with E-state index < -0.39 is 0 Å².